The van der Waals surface area contributed by atoms with Crippen LogP contribution in [0.3, 0.4) is 0 Å². The Morgan fingerprint density at radius 3 is 2.26 bits per heavy atom. The van der Waals surface area contributed by atoms with E-state index < -0.39 is 0 Å². The van der Waals surface area contributed by atoms with Crippen LogP contribution in [0.5, 0.6) is 0 Å². The van der Waals surface area contributed by atoms with Crippen molar-refractivity contribution in [1.82, 2.24) is 4.90 Å². The van der Waals surface area contributed by atoms with Gasteiger partial charge in [-0.15, -0.1) is 0 Å². The molecule has 1 rings (SSSR count). The van der Waals surface area contributed by atoms with E-state index in [9.17, 15) is 0 Å². The predicted molar refractivity (Wildman–Crippen MR) is 102 cm³/mol. The molecule has 130 valence electrons. The van der Waals surface area contributed by atoms with Crippen LogP contribution in [0.2, 0.25) is 0 Å². The third-order valence-corrected chi connectivity index (χ3v) is 4.38. The largest absolute Gasteiger partial charge is 0.384 e. The molecule has 0 saturated carbocycles. The van der Waals surface area contributed by atoms with Crippen molar-refractivity contribution in [3.63, 3.8) is 0 Å². The van der Waals surface area contributed by atoms with Crippen LogP contribution in [0.4, 0.5) is 0 Å². The molecule has 2 N–H and O–H groups in total. The monoisotopic (exact) mass is 317 g/mol. The van der Waals surface area contributed by atoms with E-state index in [1.807, 2.05) is 0 Å². The molecule has 0 aliphatic carbocycles. The minimum absolute atomic E-state index is 0.669. The van der Waals surface area contributed by atoms with Gasteiger partial charge in [0.15, 0.2) is 0 Å². The van der Waals surface area contributed by atoms with E-state index in [0.717, 1.165) is 38.2 Å². The molecule has 0 unspecified atom stereocenters. The van der Waals surface area contributed by atoms with Gasteiger partial charge in [-0.2, -0.15) is 0 Å². The van der Waals surface area contributed by atoms with E-state index in [-0.39, 0.29) is 0 Å². The van der Waals surface area contributed by atoms with Crippen LogP contribution in [0.25, 0.3) is 0 Å². The van der Waals surface area contributed by atoms with E-state index in [1.54, 1.807) is 0 Å². The lowest BCUT2D eigenvalue weighted by atomic mass is 10.0. The second-order valence-electron chi connectivity index (χ2n) is 6.15. The van der Waals surface area contributed by atoms with Gasteiger partial charge in [-0.3, -0.25) is 4.99 Å². The van der Waals surface area contributed by atoms with Crippen LogP contribution >= 0.6 is 0 Å². The molecule has 0 aromatic heterocycles. The second-order valence-corrected chi connectivity index (χ2v) is 6.15. The van der Waals surface area contributed by atoms with Crippen molar-refractivity contribution < 1.29 is 0 Å². The molecule has 0 aliphatic rings. The Balaban J connectivity index is 2.37. The highest BCUT2D eigenvalue weighted by Crippen LogP contribution is 2.10. The zero-order chi connectivity index (χ0) is 16.9. The maximum absolute atomic E-state index is 6.10. The van der Waals surface area contributed by atoms with Crippen molar-refractivity contribution in [3.05, 3.63) is 35.4 Å². The molecule has 3 nitrogen and oxygen atoms in total. The van der Waals surface area contributed by atoms with Gasteiger partial charge in [-0.1, -0.05) is 64.3 Å². The lowest BCUT2D eigenvalue weighted by Crippen LogP contribution is -2.24. The Kier molecular flexibility index (Phi) is 10.4. The summed E-state index contributed by atoms with van der Waals surface area (Å²) in [5.74, 6) is 0.669. The Morgan fingerprint density at radius 1 is 0.957 bits per heavy atom. The summed E-state index contributed by atoms with van der Waals surface area (Å²) >= 11 is 0. The number of nitrogens with zero attached hydrogens (tertiary/aromatic N) is 2. The van der Waals surface area contributed by atoms with Crippen molar-refractivity contribution in [3.8, 4) is 0 Å². The summed E-state index contributed by atoms with van der Waals surface area (Å²) in [6, 6.07) is 8.61. The first-order valence-corrected chi connectivity index (χ1v) is 9.32. The van der Waals surface area contributed by atoms with Gasteiger partial charge in [-0.25, -0.2) is 0 Å². The highest BCUT2D eigenvalue weighted by molar-refractivity contribution is 5.97. The molecule has 23 heavy (non-hydrogen) atoms. The maximum Gasteiger partial charge on any atom is 0.125 e. The van der Waals surface area contributed by atoms with E-state index in [4.69, 9.17) is 5.73 Å². The van der Waals surface area contributed by atoms with E-state index >= 15 is 0 Å². The minimum Gasteiger partial charge on any atom is -0.384 e. The number of unbranched alkanes of at least 4 members (excludes halogenated alkanes) is 3. The van der Waals surface area contributed by atoms with Crippen LogP contribution in [0.1, 0.15) is 64.0 Å². The summed E-state index contributed by atoms with van der Waals surface area (Å²) in [5.41, 5.74) is 8.55. The highest BCUT2D eigenvalue weighted by Gasteiger charge is 2.01. The summed E-state index contributed by atoms with van der Waals surface area (Å²) in [7, 11) is 0. The Bertz CT molecular complexity index is 433. The number of hydrogen-bond donors (Lipinski definition) is 1. The number of benzene rings is 1. The first-order chi connectivity index (χ1) is 11.2. The summed E-state index contributed by atoms with van der Waals surface area (Å²) in [4.78, 5) is 6.93. The number of amidine groups is 1. The van der Waals surface area contributed by atoms with Gasteiger partial charge in [0.2, 0.25) is 0 Å². The summed E-state index contributed by atoms with van der Waals surface area (Å²) in [6.07, 6.45) is 7.47. The molecule has 0 bridgehead atoms. The van der Waals surface area contributed by atoms with Crippen LogP contribution in [0.15, 0.2) is 29.3 Å². The maximum atomic E-state index is 6.10. The molecule has 1 aromatic carbocycles. The molecule has 0 spiro atoms. The highest BCUT2D eigenvalue weighted by atomic mass is 15.1. The van der Waals surface area contributed by atoms with E-state index in [0.29, 0.717) is 5.84 Å². The first-order valence-electron chi connectivity index (χ1n) is 9.32. The van der Waals surface area contributed by atoms with Crippen LogP contribution < -0.4 is 5.73 Å². The molecule has 0 atom stereocenters. The summed E-state index contributed by atoms with van der Waals surface area (Å²) in [6.45, 7) is 10.8. The topological polar surface area (TPSA) is 41.6 Å². The lowest BCUT2D eigenvalue weighted by Gasteiger charge is -2.16. The fraction of sp³-hybridized carbons (Fsp3) is 0.650. The zero-order valence-electron chi connectivity index (χ0n) is 15.4. The quantitative estimate of drug-likeness (QED) is 0.356. The molecule has 0 radical (unpaired) electrons. The van der Waals surface area contributed by atoms with Gasteiger partial charge in [0.25, 0.3) is 0 Å². The van der Waals surface area contributed by atoms with Crippen LogP contribution in [-0.2, 0) is 6.42 Å². The summed E-state index contributed by atoms with van der Waals surface area (Å²) < 4.78 is 0. The molecule has 0 fully saturated rings. The third kappa shape index (κ3) is 8.17. The number of aliphatic imine (C=N–C) groups is 1. The Morgan fingerprint density at radius 2 is 1.65 bits per heavy atom. The fourth-order valence-electron chi connectivity index (χ4n) is 2.72. The molecule has 0 saturated heterocycles. The second kappa shape index (κ2) is 12.1. The molecular formula is C20H35N3. The predicted octanol–water partition coefficient (Wildman–Crippen LogP) is 4.25. The Labute approximate surface area is 143 Å². The molecule has 3 heteroatoms. The Hall–Kier alpha value is -1.35. The van der Waals surface area contributed by atoms with Crippen LogP contribution in [0, 0.1) is 0 Å². The standard InChI is InChI=1S/C20H35N3/c1-4-7-8-9-11-18-12-14-19(15-13-18)20(21)22-16-10-17-23(5-2)6-3/h12-15H,4-11,16-17H2,1-3H3,(H2,21,22). The van der Waals surface area contributed by atoms with Crippen molar-refractivity contribution in [2.24, 2.45) is 10.7 Å². The van der Waals surface area contributed by atoms with Gasteiger partial charge in [0, 0.05) is 12.1 Å². The number of rotatable bonds is 12. The van der Waals surface area contributed by atoms with Crippen molar-refractivity contribution in [1.29, 1.82) is 0 Å². The zero-order valence-corrected chi connectivity index (χ0v) is 15.4. The average Bonchev–Trinajstić information content (AvgIpc) is 2.59. The van der Waals surface area contributed by atoms with Gasteiger partial charge in [-0.05, 0) is 44.5 Å². The molecular weight excluding hydrogens is 282 g/mol. The van der Waals surface area contributed by atoms with Gasteiger partial charge in [0.05, 0.1) is 0 Å². The normalized spacial score (nSPS) is 12.1. The average molecular weight is 318 g/mol. The fourth-order valence-corrected chi connectivity index (χ4v) is 2.72. The van der Waals surface area contributed by atoms with Gasteiger partial charge >= 0.3 is 0 Å². The van der Waals surface area contributed by atoms with Crippen molar-refractivity contribution in [2.45, 2.75) is 59.3 Å². The molecule has 0 aliphatic heterocycles. The van der Waals surface area contributed by atoms with E-state index in [1.165, 1.54) is 37.7 Å². The first kappa shape index (κ1) is 19.7. The molecule has 0 heterocycles. The SMILES string of the molecule is CCCCCCc1ccc(C(N)=NCCCN(CC)CC)cc1. The lowest BCUT2D eigenvalue weighted by molar-refractivity contribution is 0.302. The van der Waals surface area contributed by atoms with Crippen LogP contribution in [-0.4, -0.2) is 36.9 Å². The van der Waals surface area contributed by atoms with Gasteiger partial charge in [0.1, 0.15) is 5.84 Å². The number of nitrogens with two attached hydrogens (primary N) is 1. The summed E-state index contributed by atoms with van der Waals surface area (Å²) in [5, 5.41) is 0. The minimum atomic E-state index is 0.669. The smallest absolute Gasteiger partial charge is 0.125 e. The van der Waals surface area contributed by atoms with Gasteiger partial charge < -0.3 is 10.6 Å². The van der Waals surface area contributed by atoms with E-state index in [2.05, 4.69) is 54.9 Å². The number of hydrogen-bond acceptors (Lipinski definition) is 2. The molecule has 1 aromatic rings. The molecule has 0 amide bonds. The third-order valence-electron chi connectivity index (χ3n) is 4.38. The van der Waals surface area contributed by atoms with Crippen molar-refractivity contribution in [2.75, 3.05) is 26.2 Å². The number of aryl methyl sites for hydroxylation is 1. The van der Waals surface area contributed by atoms with Crippen molar-refractivity contribution >= 4 is 5.84 Å².